The van der Waals surface area contributed by atoms with Crippen molar-refractivity contribution in [2.45, 2.75) is 38.5 Å². The van der Waals surface area contributed by atoms with Crippen LogP contribution in [-0.4, -0.2) is 43.9 Å². The van der Waals surface area contributed by atoms with Crippen molar-refractivity contribution in [1.29, 1.82) is 0 Å². The van der Waals surface area contributed by atoms with E-state index in [0.29, 0.717) is 24.8 Å². The molecule has 0 spiro atoms. The molecule has 0 amide bonds. The molecule has 0 fully saturated rings. The van der Waals surface area contributed by atoms with Crippen LogP contribution in [0.25, 0.3) is 0 Å². The van der Waals surface area contributed by atoms with Crippen LogP contribution in [0, 0.1) is 0 Å². The molecule has 0 aliphatic heterocycles. The van der Waals surface area contributed by atoms with Crippen molar-refractivity contribution in [1.82, 2.24) is 0 Å². The lowest BCUT2D eigenvalue weighted by atomic mass is 9.94. The Bertz CT molecular complexity index is 977. The van der Waals surface area contributed by atoms with Crippen molar-refractivity contribution in [3.8, 4) is 11.5 Å². The molecule has 4 N–H and O–H groups in total. The predicted octanol–water partition coefficient (Wildman–Crippen LogP) is 3.17. The van der Waals surface area contributed by atoms with E-state index in [4.69, 9.17) is 5.11 Å². The number of carboxylic acid groups (broad SMARTS) is 2. The van der Waals surface area contributed by atoms with Crippen LogP contribution in [0.2, 0.25) is 0 Å². The van der Waals surface area contributed by atoms with Crippen molar-refractivity contribution in [3.05, 3.63) is 58.7 Å². The number of carboxylic acids is 2. The van der Waals surface area contributed by atoms with Gasteiger partial charge in [0.1, 0.15) is 17.3 Å². The maximum Gasteiger partial charge on any atom is 0.336 e. The minimum atomic E-state index is -1.27. The monoisotopic (exact) mass is 414 g/mol. The van der Waals surface area contributed by atoms with Gasteiger partial charge in [0.15, 0.2) is 5.78 Å². The Labute approximate surface area is 172 Å². The molecule has 30 heavy (non-hydrogen) atoms. The highest BCUT2D eigenvalue weighted by Crippen LogP contribution is 2.31. The number of carbonyl (C=O) groups excluding carboxylic acids is 2. The molecule has 158 valence electrons. The Morgan fingerprint density at radius 1 is 0.733 bits per heavy atom. The maximum absolute atomic E-state index is 12.8. The van der Waals surface area contributed by atoms with Gasteiger partial charge in [-0.25, -0.2) is 4.79 Å². The van der Waals surface area contributed by atoms with Crippen LogP contribution in [0.15, 0.2) is 36.4 Å². The maximum atomic E-state index is 12.8. The van der Waals surface area contributed by atoms with E-state index in [-0.39, 0.29) is 47.5 Å². The molecule has 2 rings (SSSR count). The van der Waals surface area contributed by atoms with E-state index in [1.54, 1.807) is 0 Å². The van der Waals surface area contributed by atoms with Crippen LogP contribution in [0.4, 0.5) is 0 Å². The molecule has 0 heterocycles. The molecular weight excluding hydrogens is 392 g/mol. The number of aromatic carboxylic acids is 1. The molecule has 0 unspecified atom stereocenters. The summed E-state index contributed by atoms with van der Waals surface area (Å²) < 4.78 is 0. The number of aryl methyl sites for hydroxylation is 1. The molecule has 0 bridgehead atoms. The van der Waals surface area contributed by atoms with Crippen molar-refractivity contribution in [2.24, 2.45) is 0 Å². The lowest BCUT2D eigenvalue weighted by molar-refractivity contribution is -0.138. The fourth-order valence-corrected chi connectivity index (χ4v) is 3.03. The van der Waals surface area contributed by atoms with Crippen LogP contribution >= 0.6 is 0 Å². The summed E-state index contributed by atoms with van der Waals surface area (Å²) in [6.07, 6.45) is 1.27. The van der Waals surface area contributed by atoms with Crippen molar-refractivity contribution < 1.29 is 39.6 Å². The van der Waals surface area contributed by atoms with Gasteiger partial charge in [-0.3, -0.25) is 14.4 Å². The van der Waals surface area contributed by atoms with E-state index in [9.17, 15) is 34.5 Å². The summed E-state index contributed by atoms with van der Waals surface area (Å²) in [5.74, 6) is -3.83. The standard InChI is InChI=1S/C22H22O8/c23-14(9-10-20(26)27)6-2-1-5-13-11-17(19(25)12-18(13)24)21(28)15-7-3-4-8-16(15)22(29)30/h3-4,7-8,11-12,24-25H,1-2,5-6,9-10H2,(H,26,27)(H,29,30). The number of ketones is 2. The highest BCUT2D eigenvalue weighted by Gasteiger charge is 2.21. The molecule has 0 saturated carbocycles. The second-order valence-electron chi connectivity index (χ2n) is 6.82. The second kappa shape index (κ2) is 10.2. The topological polar surface area (TPSA) is 149 Å². The van der Waals surface area contributed by atoms with Gasteiger partial charge in [0.05, 0.1) is 17.5 Å². The Hall–Kier alpha value is -3.68. The summed E-state index contributed by atoms with van der Waals surface area (Å²) in [5.41, 5.74) is -0.0339. The molecule has 0 saturated heterocycles. The minimum absolute atomic E-state index is 0.0264. The zero-order valence-corrected chi connectivity index (χ0v) is 16.1. The van der Waals surface area contributed by atoms with E-state index in [2.05, 4.69) is 0 Å². The summed E-state index contributed by atoms with van der Waals surface area (Å²) in [6.45, 7) is 0. The first kappa shape index (κ1) is 22.6. The third-order valence-electron chi connectivity index (χ3n) is 4.61. The molecule has 8 nitrogen and oxygen atoms in total. The molecule has 2 aromatic rings. The number of hydrogen-bond donors (Lipinski definition) is 4. The highest BCUT2D eigenvalue weighted by atomic mass is 16.4. The van der Waals surface area contributed by atoms with Gasteiger partial charge in [0.2, 0.25) is 0 Å². The van der Waals surface area contributed by atoms with Crippen LogP contribution in [-0.2, 0) is 16.0 Å². The number of carbonyl (C=O) groups is 4. The molecular formula is C22H22O8. The molecule has 8 heteroatoms. The summed E-state index contributed by atoms with van der Waals surface area (Å²) in [5, 5.41) is 38.0. The number of phenols is 2. The van der Waals surface area contributed by atoms with Gasteiger partial charge in [-0.2, -0.15) is 0 Å². The zero-order chi connectivity index (χ0) is 22.3. The number of aromatic hydroxyl groups is 2. The normalized spacial score (nSPS) is 10.5. The van der Waals surface area contributed by atoms with E-state index in [1.807, 2.05) is 0 Å². The second-order valence-corrected chi connectivity index (χ2v) is 6.82. The Kier molecular flexibility index (Phi) is 7.69. The SMILES string of the molecule is O=C(O)CCC(=O)CCCCc1cc(C(=O)c2ccccc2C(=O)O)c(O)cc1O. The van der Waals surface area contributed by atoms with Gasteiger partial charge in [0, 0.05) is 24.5 Å². The van der Waals surface area contributed by atoms with Gasteiger partial charge in [-0.05, 0) is 37.0 Å². The van der Waals surface area contributed by atoms with Gasteiger partial charge in [-0.1, -0.05) is 18.2 Å². The summed E-state index contributed by atoms with van der Waals surface area (Å²) in [6, 6.07) is 7.98. The Morgan fingerprint density at radius 2 is 1.40 bits per heavy atom. The predicted molar refractivity (Wildman–Crippen MR) is 106 cm³/mol. The third-order valence-corrected chi connectivity index (χ3v) is 4.61. The van der Waals surface area contributed by atoms with Crippen molar-refractivity contribution in [3.63, 3.8) is 0 Å². The van der Waals surface area contributed by atoms with Crippen LogP contribution in [0.3, 0.4) is 0 Å². The number of rotatable bonds is 11. The Morgan fingerprint density at radius 3 is 2.03 bits per heavy atom. The quantitative estimate of drug-likeness (QED) is 0.323. The first-order valence-corrected chi connectivity index (χ1v) is 9.36. The number of benzene rings is 2. The Balaban J connectivity index is 2.11. The number of aliphatic carboxylic acids is 1. The number of Topliss-reactive ketones (excluding diaryl/α,β-unsaturated/α-hetero) is 1. The fraction of sp³-hybridized carbons (Fsp3) is 0.273. The van der Waals surface area contributed by atoms with Crippen molar-refractivity contribution in [2.75, 3.05) is 0 Å². The fourth-order valence-electron chi connectivity index (χ4n) is 3.03. The van der Waals surface area contributed by atoms with Crippen LogP contribution in [0.5, 0.6) is 11.5 Å². The van der Waals surface area contributed by atoms with Gasteiger partial charge < -0.3 is 20.4 Å². The minimum Gasteiger partial charge on any atom is -0.508 e. The summed E-state index contributed by atoms with van der Waals surface area (Å²) >= 11 is 0. The molecule has 2 aromatic carbocycles. The van der Waals surface area contributed by atoms with E-state index >= 15 is 0 Å². The summed E-state index contributed by atoms with van der Waals surface area (Å²) in [7, 11) is 0. The lowest BCUT2D eigenvalue weighted by Crippen LogP contribution is -2.10. The van der Waals surface area contributed by atoms with Crippen LogP contribution in [0.1, 0.15) is 63.9 Å². The average Bonchev–Trinajstić information content (AvgIpc) is 2.70. The first-order valence-electron chi connectivity index (χ1n) is 9.36. The molecule has 0 atom stereocenters. The number of hydrogen-bond acceptors (Lipinski definition) is 6. The smallest absolute Gasteiger partial charge is 0.336 e. The van der Waals surface area contributed by atoms with E-state index < -0.39 is 23.5 Å². The number of phenolic OH excluding ortho intramolecular Hbond substituents is 2. The van der Waals surface area contributed by atoms with Gasteiger partial charge in [-0.15, -0.1) is 0 Å². The van der Waals surface area contributed by atoms with Gasteiger partial charge >= 0.3 is 11.9 Å². The summed E-state index contributed by atoms with van der Waals surface area (Å²) in [4.78, 5) is 46.3. The molecule has 0 aromatic heterocycles. The van der Waals surface area contributed by atoms with Crippen molar-refractivity contribution >= 4 is 23.5 Å². The van der Waals surface area contributed by atoms with Gasteiger partial charge in [0.25, 0.3) is 0 Å². The lowest BCUT2D eigenvalue weighted by Gasteiger charge is -2.11. The van der Waals surface area contributed by atoms with E-state index in [0.717, 1.165) is 6.07 Å². The molecule has 0 radical (unpaired) electrons. The molecule has 0 aliphatic rings. The first-order chi connectivity index (χ1) is 14.2. The highest BCUT2D eigenvalue weighted by molar-refractivity contribution is 6.15. The third kappa shape index (κ3) is 5.91. The largest absolute Gasteiger partial charge is 0.508 e. The number of unbranched alkanes of at least 4 members (excludes halogenated alkanes) is 1. The molecule has 0 aliphatic carbocycles. The van der Waals surface area contributed by atoms with E-state index in [1.165, 1.54) is 30.3 Å². The van der Waals surface area contributed by atoms with Crippen LogP contribution < -0.4 is 0 Å². The average molecular weight is 414 g/mol. The zero-order valence-electron chi connectivity index (χ0n) is 16.1.